The maximum absolute atomic E-state index is 12.5. The summed E-state index contributed by atoms with van der Waals surface area (Å²) in [7, 11) is 0. The second-order valence-corrected chi connectivity index (χ2v) is 6.78. The summed E-state index contributed by atoms with van der Waals surface area (Å²) in [6, 6.07) is 6.98. The van der Waals surface area contributed by atoms with Crippen molar-refractivity contribution in [1.29, 1.82) is 0 Å². The molecule has 0 bridgehead atoms. The topological polar surface area (TPSA) is 79.5 Å². The van der Waals surface area contributed by atoms with Gasteiger partial charge in [0.1, 0.15) is 5.03 Å². The number of carbonyl (C=O) groups is 2. The summed E-state index contributed by atoms with van der Waals surface area (Å²) >= 11 is 1.39. The Labute approximate surface area is 144 Å². The van der Waals surface area contributed by atoms with E-state index in [4.69, 9.17) is 4.42 Å². The van der Waals surface area contributed by atoms with Gasteiger partial charge in [-0.3, -0.25) is 9.59 Å². The first-order valence-electron chi connectivity index (χ1n) is 7.71. The van der Waals surface area contributed by atoms with Crippen LogP contribution in [-0.2, 0) is 4.79 Å². The SMILES string of the molecule is C[C@H](Sc1cccnn1)C(=O)N1CCN(C(=O)c2ccco2)CC1. The van der Waals surface area contributed by atoms with E-state index < -0.39 is 0 Å². The van der Waals surface area contributed by atoms with Gasteiger partial charge in [0, 0.05) is 32.4 Å². The van der Waals surface area contributed by atoms with Crippen LogP contribution in [0.5, 0.6) is 0 Å². The number of hydrogen-bond acceptors (Lipinski definition) is 6. The number of piperazine rings is 1. The Morgan fingerprint density at radius 3 is 2.54 bits per heavy atom. The van der Waals surface area contributed by atoms with Gasteiger partial charge in [0.15, 0.2) is 5.76 Å². The summed E-state index contributed by atoms with van der Waals surface area (Å²) in [4.78, 5) is 28.3. The highest BCUT2D eigenvalue weighted by Crippen LogP contribution is 2.22. The fraction of sp³-hybridized carbons (Fsp3) is 0.375. The molecule has 24 heavy (non-hydrogen) atoms. The largest absolute Gasteiger partial charge is 0.459 e. The van der Waals surface area contributed by atoms with Gasteiger partial charge in [-0.1, -0.05) is 11.8 Å². The third-order valence-electron chi connectivity index (χ3n) is 3.80. The number of hydrogen-bond donors (Lipinski definition) is 0. The van der Waals surface area contributed by atoms with E-state index in [0.717, 1.165) is 5.03 Å². The zero-order valence-corrected chi connectivity index (χ0v) is 14.1. The molecule has 1 fully saturated rings. The summed E-state index contributed by atoms with van der Waals surface area (Å²) in [5, 5.41) is 8.29. The number of nitrogens with zero attached hydrogens (tertiary/aromatic N) is 4. The minimum absolute atomic E-state index is 0.0516. The van der Waals surface area contributed by atoms with Crippen LogP contribution >= 0.6 is 11.8 Å². The molecule has 7 nitrogen and oxygen atoms in total. The van der Waals surface area contributed by atoms with Crippen molar-refractivity contribution >= 4 is 23.6 Å². The molecule has 3 rings (SSSR count). The molecule has 2 aromatic heterocycles. The van der Waals surface area contributed by atoms with Crippen LogP contribution in [0.3, 0.4) is 0 Å². The van der Waals surface area contributed by atoms with Gasteiger partial charge in [0.25, 0.3) is 5.91 Å². The fourth-order valence-electron chi connectivity index (χ4n) is 2.52. The van der Waals surface area contributed by atoms with E-state index in [-0.39, 0.29) is 17.1 Å². The van der Waals surface area contributed by atoms with Crippen LogP contribution in [0.15, 0.2) is 46.2 Å². The molecule has 1 saturated heterocycles. The van der Waals surface area contributed by atoms with Crippen LogP contribution in [0.4, 0.5) is 0 Å². The monoisotopic (exact) mass is 346 g/mol. The first-order chi connectivity index (χ1) is 11.6. The predicted molar refractivity (Wildman–Crippen MR) is 88.5 cm³/mol. The molecule has 1 aliphatic rings. The molecule has 1 aliphatic heterocycles. The first kappa shape index (κ1) is 16.5. The number of aromatic nitrogens is 2. The Kier molecular flexibility index (Phi) is 5.14. The van der Waals surface area contributed by atoms with Crippen molar-refractivity contribution in [3.63, 3.8) is 0 Å². The molecule has 0 aliphatic carbocycles. The van der Waals surface area contributed by atoms with E-state index in [9.17, 15) is 9.59 Å². The summed E-state index contributed by atoms with van der Waals surface area (Å²) in [6.07, 6.45) is 3.09. The molecule has 2 amide bonds. The van der Waals surface area contributed by atoms with Crippen molar-refractivity contribution in [3.05, 3.63) is 42.5 Å². The molecule has 2 aromatic rings. The van der Waals surface area contributed by atoms with Crippen LogP contribution in [0.2, 0.25) is 0 Å². The molecule has 0 saturated carbocycles. The van der Waals surface area contributed by atoms with Crippen molar-refractivity contribution in [2.45, 2.75) is 17.2 Å². The average molecular weight is 346 g/mol. The summed E-state index contributed by atoms with van der Waals surface area (Å²) in [5.74, 6) is 0.256. The molecule has 0 unspecified atom stereocenters. The maximum Gasteiger partial charge on any atom is 0.289 e. The van der Waals surface area contributed by atoms with Crippen molar-refractivity contribution in [2.24, 2.45) is 0 Å². The van der Waals surface area contributed by atoms with Gasteiger partial charge in [0.05, 0.1) is 11.5 Å². The van der Waals surface area contributed by atoms with Crippen molar-refractivity contribution in [1.82, 2.24) is 20.0 Å². The molecular weight excluding hydrogens is 328 g/mol. The molecule has 8 heteroatoms. The molecular formula is C16H18N4O3S. The lowest BCUT2D eigenvalue weighted by molar-refractivity contribution is -0.131. The van der Waals surface area contributed by atoms with Crippen molar-refractivity contribution in [2.75, 3.05) is 26.2 Å². The molecule has 3 heterocycles. The van der Waals surface area contributed by atoms with Crippen LogP contribution in [0, 0.1) is 0 Å². The third kappa shape index (κ3) is 3.76. The predicted octanol–water partition coefficient (Wildman–Crippen LogP) is 1.53. The highest BCUT2D eigenvalue weighted by Gasteiger charge is 2.28. The smallest absolute Gasteiger partial charge is 0.289 e. The number of amides is 2. The Bertz CT molecular complexity index is 685. The number of rotatable bonds is 4. The lowest BCUT2D eigenvalue weighted by atomic mass is 10.2. The normalized spacial score (nSPS) is 16.0. The Morgan fingerprint density at radius 1 is 1.17 bits per heavy atom. The molecule has 1 atom stereocenters. The van der Waals surface area contributed by atoms with Crippen LogP contribution in [0.1, 0.15) is 17.5 Å². The minimum Gasteiger partial charge on any atom is -0.459 e. The number of carbonyl (C=O) groups excluding carboxylic acids is 2. The highest BCUT2D eigenvalue weighted by atomic mass is 32.2. The highest BCUT2D eigenvalue weighted by molar-refractivity contribution is 8.00. The van der Waals surface area contributed by atoms with E-state index in [0.29, 0.717) is 31.9 Å². The van der Waals surface area contributed by atoms with Gasteiger partial charge in [-0.05, 0) is 31.2 Å². The van der Waals surface area contributed by atoms with E-state index >= 15 is 0 Å². The van der Waals surface area contributed by atoms with E-state index in [1.165, 1.54) is 18.0 Å². The summed E-state index contributed by atoms with van der Waals surface area (Å²) < 4.78 is 5.14. The third-order valence-corrected chi connectivity index (χ3v) is 4.82. The van der Waals surface area contributed by atoms with E-state index in [1.54, 1.807) is 34.2 Å². The van der Waals surface area contributed by atoms with Crippen LogP contribution in [0.25, 0.3) is 0 Å². The summed E-state index contributed by atoms with van der Waals surface area (Å²) in [6.45, 7) is 3.93. The molecule has 0 aromatic carbocycles. The lowest BCUT2D eigenvalue weighted by Gasteiger charge is -2.35. The van der Waals surface area contributed by atoms with Gasteiger partial charge >= 0.3 is 0 Å². The molecule has 0 radical (unpaired) electrons. The number of furan rings is 1. The summed E-state index contributed by atoms with van der Waals surface area (Å²) in [5.41, 5.74) is 0. The number of thioether (sulfide) groups is 1. The quantitative estimate of drug-likeness (QED) is 0.781. The van der Waals surface area contributed by atoms with Gasteiger partial charge in [-0.2, -0.15) is 5.10 Å². The average Bonchev–Trinajstić information content (AvgIpc) is 3.16. The lowest BCUT2D eigenvalue weighted by Crippen LogP contribution is -2.52. The van der Waals surface area contributed by atoms with Gasteiger partial charge < -0.3 is 14.2 Å². The molecule has 0 N–H and O–H groups in total. The van der Waals surface area contributed by atoms with Crippen molar-refractivity contribution < 1.29 is 14.0 Å². The van der Waals surface area contributed by atoms with Gasteiger partial charge in [-0.15, -0.1) is 5.10 Å². The molecule has 126 valence electrons. The van der Waals surface area contributed by atoms with E-state index in [2.05, 4.69) is 10.2 Å². The zero-order valence-electron chi connectivity index (χ0n) is 13.3. The standard InChI is InChI=1S/C16H18N4O3S/c1-12(24-14-5-2-6-17-18-14)15(21)19-7-9-20(10-8-19)16(22)13-4-3-11-23-13/h2-6,11-12H,7-10H2,1H3/t12-/m0/s1. The van der Waals surface area contributed by atoms with Gasteiger partial charge in [0.2, 0.25) is 5.91 Å². The van der Waals surface area contributed by atoms with Crippen LogP contribution in [-0.4, -0.2) is 63.2 Å². The molecule has 0 spiro atoms. The van der Waals surface area contributed by atoms with Gasteiger partial charge in [-0.25, -0.2) is 0 Å². The van der Waals surface area contributed by atoms with E-state index in [1.807, 2.05) is 13.0 Å². The second-order valence-electron chi connectivity index (χ2n) is 5.42. The fourth-order valence-corrected chi connectivity index (χ4v) is 3.39. The minimum atomic E-state index is -0.242. The van der Waals surface area contributed by atoms with Crippen molar-refractivity contribution in [3.8, 4) is 0 Å². The second kappa shape index (κ2) is 7.48. The Morgan fingerprint density at radius 2 is 1.92 bits per heavy atom. The maximum atomic E-state index is 12.5. The Hall–Kier alpha value is -2.35. The van der Waals surface area contributed by atoms with Crippen LogP contribution < -0.4 is 0 Å². The Balaban J connectivity index is 1.52. The first-order valence-corrected chi connectivity index (χ1v) is 8.59. The zero-order chi connectivity index (χ0) is 16.9.